The smallest absolute Gasteiger partial charge is 0.406 e. The molecule has 0 bridgehead atoms. The monoisotopic (exact) mass is 515 g/mol. The molecule has 1 spiro atoms. The quantitative estimate of drug-likeness (QED) is 0.590. The maximum absolute atomic E-state index is 14.4. The van der Waals surface area contributed by atoms with Crippen LogP contribution in [0.1, 0.15) is 31.2 Å². The predicted molar refractivity (Wildman–Crippen MR) is 119 cm³/mol. The van der Waals surface area contributed by atoms with Gasteiger partial charge in [0.2, 0.25) is 5.91 Å². The Kier molecular flexibility index (Phi) is 6.93. The highest BCUT2D eigenvalue weighted by Crippen LogP contribution is 2.42. The summed E-state index contributed by atoms with van der Waals surface area (Å²) in [5, 5.41) is 5.28. The van der Waals surface area contributed by atoms with Crippen LogP contribution in [0.3, 0.4) is 0 Å². The van der Waals surface area contributed by atoms with Gasteiger partial charge in [0.1, 0.15) is 11.6 Å². The molecule has 1 unspecified atom stereocenters. The first-order chi connectivity index (χ1) is 16.9. The van der Waals surface area contributed by atoms with Gasteiger partial charge in [-0.1, -0.05) is 6.07 Å². The second kappa shape index (κ2) is 9.66. The molecule has 3 aliphatic rings. The Labute approximate surface area is 205 Å². The number of alkyl halides is 3. The first kappa shape index (κ1) is 25.8. The van der Waals surface area contributed by atoms with Crippen LogP contribution in [0.15, 0.2) is 18.2 Å². The van der Waals surface area contributed by atoms with E-state index in [2.05, 4.69) is 15.4 Å². The zero-order chi connectivity index (χ0) is 26.3. The van der Waals surface area contributed by atoms with Crippen LogP contribution in [0.2, 0.25) is 0 Å². The van der Waals surface area contributed by atoms with Crippen molar-refractivity contribution in [1.29, 1.82) is 0 Å². The van der Waals surface area contributed by atoms with E-state index < -0.39 is 29.4 Å². The first-order valence-electron chi connectivity index (χ1n) is 11.7. The fraction of sp³-hybridized carbons (Fsp3) is 0.609. The highest BCUT2D eigenvalue weighted by molar-refractivity contribution is 5.80. The van der Waals surface area contributed by atoms with Crippen molar-refractivity contribution in [1.82, 2.24) is 25.3 Å². The summed E-state index contributed by atoms with van der Waals surface area (Å²) in [5.41, 5.74) is -0.474. The van der Waals surface area contributed by atoms with E-state index in [9.17, 15) is 31.9 Å². The Morgan fingerprint density at radius 2 is 1.94 bits per heavy atom. The van der Waals surface area contributed by atoms with Crippen LogP contribution in [0, 0.1) is 11.2 Å². The Balaban J connectivity index is 1.48. The second-order valence-corrected chi connectivity index (χ2v) is 9.82. The van der Waals surface area contributed by atoms with E-state index in [0.717, 1.165) is 25.0 Å². The fourth-order valence-electron chi connectivity index (χ4n) is 5.31. The lowest BCUT2D eigenvalue weighted by Gasteiger charge is -2.47. The molecule has 4 rings (SSSR count). The van der Waals surface area contributed by atoms with Crippen molar-refractivity contribution in [2.45, 2.75) is 50.7 Å². The first-order valence-corrected chi connectivity index (χ1v) is 11.7. The van der Waals surface area contributed by atoms with Gasteiger partial charge in [0.15, 0.2) is 0 Å². The molecule has 198 valence electrons. The third-order valence-corrected chi connectivity index (χ3v) is 6.91. The SMILES string of the molecule is CNC(=O)N1C[C@H](N(C(=O)NCc2ccc(OC(F)(F)F)cc2F)C2CC2)CC2(CC(=O)N(C)C2)C1. The van der Waals surface area contributed by atoms with Crippen molar-refractivity contribution < 1.29 is 36.7 Å². The Morgan fingerprint density at radius 3 is 2.50 bits per heavy atom. The van der Waals surface area contributed by atoms with E-state index >= 15 is 0 Å². The minimum absolute atomic E-state index is 0.00346. The van der Waals surface area contributed by atoms with E-state index in [-0.39, 0.29) is 42.6 Å². The molecule has 2 N–H and O–H groups in total. The maximum Gasteiger partial charge on any atom is 0.573 e. The summed E-state index contributed by atoms with van der Waals surface area (Å²) in [4.78, 5) is 43.1. The van der Waals surface area contributed by atoms with Gasteiger partial charge in [0.25, 0.3) is 0 Å². The van der Waals surface area contributed by atoms with Crippen molar-refractivity contribution in [3.05, 3.63) is 29.6 Å². The fourth-order valence-corrected chi connectivity index (χ4v) is 5.31. The number of amides is 5. The van der Waals surface area contributed by atoms with E-state index in [1.54, 1.807) is 21.7 Å². The van der Waals surface area contributed by atoms with Crippen LogP contribution in [-0.4, -0.2) is 84.8 Å². The normalized spacial score (nSPS) is 24.2. The second-order valence-electron chi connectivity index (χ2n) is 9.82. The van der Waals surface area contributed by atoms with Crippen molar-refractivity contribution in [3.8, 4) is 5.75 Å². The lowest BCUT2D eigenvalue weighted by atomic mass is 9.76. The van der Waals surface area contributed by atoms with Gasteiger partial charge < -0.3 is 30.1 Å². The highest BCUT2D eigenvalue weighted by Gasteiger charge is 2.51. The van der Waals surface area contributed by atoms with Crippen LogP contribution in [0.5, 0.6) is 5.75 Å². The van der Waals surface area contributed by atoms with Crippen molar-refractivity contribution in [3.63, 3.8) is 0 Å². The zero-order valence-corrected chi connectivity index (χ0v) is 20.0. The summed E-state index contributed by atoms with van der Waals surface area (Å²) in [7, 11) is 3.24. The molecular weight excluding hydrogens is 486 g/mol. The summed E-state index contributed by atoms with van der Waals surface area (Å²) in [5.74, 6) is -1.64. The van der Waals surface area contributed by atoms with Gasteiger partial charge in [-0.25, -0.2) is 14.0 Å². The van der Waals surface area contributed by atoms with Crippen LogP contribution in [-0.2, 0) is 11.3 Å². The van der Waals surface area contributed by atoms with Crippen molar-refractivity contribution in [2.75, 3.05) is 33.7 Å². The van der Waals surface area contributed by atoms with Gasteiger partial charge in [-0.2, -0.15) is 0 Å². The van der Waals surface area contributed by atoms with Crippen LogP contribution in [0.25, 0.3) is 0 Å². The predicted octanol–water partition coefficient (Wildman–Crippen LogP) is 2.66. The van der Waals surface area contributed by atoms with E-state index in [1.807, 2.05) is 0 Å². The topological polar surface area (TPSA) is 94.2 Å². The molecule has 5 amide bonds. The summed E-state index contributed by atoms with van der Waals surface area (Å²) in [6, 6.07) is 1.59. The molecule has 1 aromatic carbocycles. The van der Waals surface area contributed by atoms with Crippen LogP contribution >= 0.6 is 0 Å². The Morgan fingerprint density at radius 1 is 1.22 bits per heavy atom. The zero-order valence-electron chi connectivity index (χ0n) is 20.0. The number of nitrogens with zero attached hydrogens (tertiary/aromatic N) is 3. The van der Waals surface area contributed by atoms with E-state index in [4.69, 9.17) is 0 Å². The average Bonchev–Trinajstić information content (AvgIpc) is 3.57. The van der Waals surface area contributed by atoms with Gasteiger partial charge in [0, 0.05) is 69.8 Å². The molecule has 9 nitrogen and oxygen atoms in total. The molecule has 1 aliphatic carbocycles. The van der Waals surface area contributed by atoms with E-state index in [0.29, 0.717) is 32.1 Å². The third kappa shape index (κ3) is 5.76. The number of benzene rings is 1. The molecule has 2 saturated heterocycles. The minimum atomic E-state index is -4.94. The number of nitrogens with one attached hydrogen (secondary N) is 2. The van der Waals surface area contributed by atoms with Gasteiger partial charge in [-0.15, -0.1) is 13.2 Å². The van der Waals surface area contributed by atoms with Crippen molar-refractivity contribution >= 4 is 18.0 Å². The average molecular weight is 516 g/mol. The van der Waals surface area contributed by atoms with E-state index in [1.165, 1.54) is 7.05 Å². The number of ether oxygens (including phenoxy) is 1. The van der Waals surface area contributed by atoms with Crippen molar-refractivity contribution in [2.24, 2.45) is 5.41 Å². The summed E-state index contributed by atoms with van der Waals surface area (Å²) in [6.07, 6.45) is -2.55. The molecule has 1 saturated carbocycles. The van der Waals surface area contributed by atoms with Gasteiger partial charge in [-0.3, -0.25) is 4.79 Å². The molecule has 0 radical (unpaired) electrons. The number of piperidine rings is 1. The number of hydrogen-bond donors (Lipinski definition) is 2. The van der Waals surface area contributed by atoms with Gasteiger partial charge in [0.05, 0.1) is 6.04 Å². The number of carbonyl (C=O) groups is 3. The molecule has 1 aromatic rings. The number of likely N-dealkylation sites (tertiary alicyclic amines) is 2. The largest absolute Gasteiger partial charge is 0.573 e. The number of carbonyl (C=O) groups excluding carboxylic acids is 3. The molecule has 13 heteroatoms. The van der Waals surface area contributed by atoms with Gasteiger partial charge >= 0.3 is 18.4 Å². The lowest BCUT2D eigenvalue weighted by Crippen LogP contribution is -2.61. The number of hydrogen-bond acceptors (Lipinski definition) is 4. The standard InChI is InChI=1S/C23H29F4N5O4/c1-28-20(34)31-11-16(8-22(13-31)9-19(33)30(2)12-22)32(15-4-5-15)21(35)29-10-14-3-6-17(7-18(14)24)36-23(25,26)27/h3,6-7,15-16H,4-5,8-13H2,1-2H3,(H,28,34)(H,29,35)/t16-,22?/m1/s1. The molecule has 0 aromatic heterocycles. The molecule has 2 aliphatic heterocycles. The molecule has 36 heavy (non-hydrogen) atoms. The summed E-state index contributed by atoms with van der Waals surface area (Å²) < 4.78 is 55.2. The molecular formula is C23H29F4N5O4. The Hall–Kier alpha value is -3.25. The maximum atomic E-state index is 14.4. The molecule has 3 fully saturated rings. The summed E-state index contributed by atoms with van der Waals surface area (Å²) >= 11 is 0. The minimum Gasteiger partial charge on any atom is -0.406 e. The number of urea groups is 2. The highest BCUT2D eigenvalue weighted by atomic mass is 19.4. The van der Waals surface area contributed by atoms with Crippen LogP contribution < -0.4 is 15.4 Å². The number of rotatable bonds is 5. The summed E-state index contributed by atoms with van der Waals surface area (Å²) in [6.45, 7) is 0.934. The third-order valence-electron chi connectivity index (χ3n) is 6.91. The van der Waals surface area contributed by atoms with Gasteiger partial charge in [-0.05, 0) is 25.3 Å². The number of halogens is 4. The molecule has 2 heterocycles. The van der Waals surface area contributed by atoms with Crippen LogP contribution in [0.4, 0.5) is 27.2 Å². The Bertz CT molecular complexity index is 1030. The lowest BCUT2D eigenvalue weighted by molar-refractivity contribution is -0.274. The molecule has 2 atom stereocenters.